The number of carbonyl (C=O) groups is 1. The third-order valence-corrected chi connectivity index (χ3v) is 5.35. The Morgan fingerprint density at radius 2 is 1.86 bits per heavy atom. The molecular formula is C23H16ClF5N4O2. The molecule has 0 unspecified atom stereocenters. The molecule has 0 spiro atoms. The molecule has 1 aromatic heterocycles. The Balaban J connectivity index is 1.83. The molecule has 0 saturated carbocycles. The number of aryl methyl sites for hydroxylation is 1. The van der Waals surface area contributed by atoms with Gasteiger partial charge in [-0.25, -0.2) is 8.78 Å². The highest BCUT2D eigenvalue weighted by Crippen LogP contribution is 2.42. The van der Waals surface area contributed by atoms with E-state index in [0.717, 1.165) is 12.1 Å². The fraction of sp³-hybridized carbons (Fsp3) is 0.130. The largest absolute Gasteiger partial charge is 0.453 e. The normalized spacial score (nSPS) is 11.6. The molecule has 1 heterocycles. The van der Waals surface area contributed by atoms with Gasteiger partial charge in [-0.1, -0.05) is 11.6 Å². The molecule has 0 saturated heterocycles. The van der Waals surface area contributed by atoms with Crippen molar-refractivity contribution in [2.45, 2.75) is 19.6 Å². The first kappa shape index (κ1) is 24.3. The summed E-state index contributed by atoms with van der Waals surface area (Å²) in [5.41, 5.74) is 4.63. The molecule has 6 nitrogen and oxygen atoms in total. The van der Waals surface area contributed by atoms with Crippen molar-refractivity contribution in [1.82, 2.24) is 9.78 Å². The monoisotopic (exact) mass is 510 g/mol. The first-order valence-electron chi connectivity index (χ1n) is 10.1. The number of hydrogen-bond acceptors (Lipinski definition) is 4. The van der Waals surface area contributed by atoms with Crippen LogP contribution in [0.3, 0.4) is 0 Å². The lowest BCUT2D eigenvalue weighted by atomic mass is 10.1. The third-order valence-electron chi connectivity index (χ3n) is 5.04. The second kappa shape index (κ2) is 9.06. The molecular weight excluding hydrogens is 495 g/mol. The molecule has 0 aliphatic carbocycles. The average molecular weight is 511 g/mol. The van der Waals surface area contributed by atoms with Crippen molar-refractivity contribution >= 4 is 39.9 Å². The van der Waals surface area contributed by atoms with Gasteiger partial charge in [-0.2, -0.15) is 18.3 Å². The summed E-state index contributed by atoms with van der Waals surface area (Å²) in [4.78, 5) is 12.8. The average Bonchev–Trinajstić information content (AvgIpc) is 3.12. The van der Waals surface area contributed by atoms with Crippen molar-refractivity contribution in [3.05, 3.63) is 76.3 Å². The number of rotatable bonds is 5. The highest BCUT2D eigenvalue weighted by Gasteiger charge is 2.32. The molecule has 0 fully saturated rings. The van der Waals surface area contributed by atoms with Crippen LogP contribution in [0.4, 0.5) is 33.5 Å². The maximum Gasteiger partial charge on any atom is 0.416 e. The Hall–Kier alpha value is -3.86. The number of nitrogens with one attached hydrogen (secondary N) is 1. The van der Waals surface area contributed by atoms with Gasteiger partial charge in [0.25, 0.3) is 5.91 Å². The lowest BCUT2D eigenvalue weighted by molar-refractivity contribution is -0.137. The van der Waals surface area contributed by atoms with Crippen molar-refractivity contribution in [2.75, 3.05) is 11.1 Å². The van der Waals surface area contributed by atoms with E-state index < -0.39 is 34.8 Å². The number of aromatic nitrogens is 2. The number of amides is 1. The smallest absolute Gasteiger partial charge is 0.416 e. The third kappa shape index (κ3) is 4.85. The number of fused-ring (bicyclic) bond motifs is 1. The molecule has 0 bridgehead atoms. The van der Waals surface area contributed by atoms with Crippen LogP contribution in [0.1, 0.15) is 22.8 Å². The van der Waals surface area contributed by atoms with E-state index >= 15 is 0 Å². The minimum atomic E-state index is -4.86. The molecule has 3 N–H and O–H groups in total. The Morgan fingerprint density at radius 1 is 1.11 bits per heavy atom. The van der Waals surface area contributed by atoms with Crippen LogP contribution in [0, 0.1) is 11.6 Å². The Kier molecular flexibility index (Phi) is 6.28. The first-order valence-corrected chi connectivity index (χ1v) is 10.5. The van der Waals surface area contributed by atoms with E-state index in [2.05, 4.69) is 10.4 Å². The van der Waals surface area contributed by atoms with Gasteiger partial charge >= 0.3 is 6.18 Å². The Morgan fingerprint density at radius 3 is 2.54 bits per heavy atom. The molecule has 4 aromatic rings. The van der Waals surface area contributed by atoms with Crippen LogP contribution >= 0.6 is 11.6 Å². The van der Waals surface area contributed by atoms with Crippen LogP contribution in [-0.4, -0.2) is 15.7 Å². The Labute approximate surface area is 200 Å². The van der Waals surface area contributed by atoms with Gasteiger partial charge in [0.2, 0.25) is 0 Å². The van der Waals surface area contributed by atoms with E-state index in [4.69, 9.17) is 22.1 Å². The maximum absolute atomic E-state index is 13.8. The predicted octanol–water partition coefficient (Wildman–Crippen LogP) is 6.63. The molecule has 1 amide bonds. The van der Waals surface area contributed by atoms with E-state index in [9.17, 15) is 26.7 Å². The van der Waals surface area contributed by atoms with Crippen LogP contribution in [-0.2, 0) is 12.7 Å². The summed E-state index contributed by atoms with van der Waals surface area (Å²) < 4.78 is 74.3. The molecule has 0 aliphatic heterocycles. The number of hydrogen-bond donors (Lipinski definition) is 2. The number of halogens is 6. The molecule has 0 aliphatic rings. The summed E-state index contributed by atoms with van der Waals surface area (Å²) in [5.74, 6) is -3.11. The van der Waals surface area contributed by atoms with Gasteiger partial charge in [0.1, 0.15) is 17.4 Å². The van der Waals surface area contributed by atoms with E-state index in [1.807, 2.05) is 6.92 Å². The summed E-state index contributed by atoms with van der Waals surface area (Å²) in [5, 5.41) is 6.90. The van der Waals surface area contributed by atoms with Crippen LogP contribution in [0.5, 0.6) is 11.5 Å². The standard InChI is InChI=1S/C23H16ClF5N4O2/c1-2-33-17-6-5-16(31-22(34)11-7-12(23(27,28)29)9-14(26)8-11)20(19(17)21(30)32-33)35-18-10-13(25)3-4-15(18)24/h3-10H,2H2,1H3,(H2,30,32)(H,31,34). The van der Waals surface area contributed by atoms with Crippen molar-refractivity contribution in [1.29, 1.82) is 0 Å². The zero-order chi connectivity index (χ0) is 25.5. The van der Waals surface area contributed by atoms with Crippen molar-refractivity contribution in [3.63, 3.8) is 0 Å². The highest BCUT2D eigenvalue weighted by molar-refractivity contribution is 6.32. The number of anilines is 2. The maximum atomic E-state index is 13.8. The molecule has 0 radical (unpaired) electrons. The van der Waals surface area contributed by atoms with Gasteiger partial charge in [0.05, 0.1) is 27.2 Å². The summed E-state index contributed by atoms with van der Waals surface area (Å²) >= 11 is 6.12. The van der Waals surface area contributed by atoms with Crippen molar-refractivity contribution in [2.24, 2.45) is 0 Å². The summed E-state index contributed by atoms with van der Waals surface area (Å²) in [6, 6.07) is 7.81. The van der Waals surface area contributed by atoms with E-state index in [-0.39, 0.29) is 39.5 Å². The molecule has 4 rings (SSSR count). The van der Waals surface area contributed by atoms with Crippen LogP contribution in [0.25, 0.3) is 10.9 Å². The molecule has 182 valence electrons. The topological polar surface area (TPSA) is 82.2 Å². The number of nitrogens with two attached hydrogens (primary N) is 1. The van der Waals surface area contributed by atoms with Crippen LogP contribution < -0.4 is 15.8 Å². The zero-order valence-corrected chi connectivity index (χ0v) is 18.6. The number of carbonyl (C=O) groups excluding carboxylic acids is 1. The summed E-state index contributed by atoms with van der Waals surface area (Å²) in [6.07, 6.45) is -4.86. The van der Waals surface area contributed by atoms with Crippen molar-refractivity contribution in [3.8, 4) is 11.5 Å². The van der Waals surface area contributed by atoms with Gasteiger partial charge in [0, 0.05) is 18.2 Å². The first-order chi connectivity index (χ1) is 16.5. The van der Waals surface area contributed by atoms with Gasteiger partial charge in [0.15, 0.2) is 11.6 Å². The van der Waals surface area contributed by atoms with E-state index in [1.54, 1.807) is 10.7 Å². The van der Waals surface area contributed by atoms with Gasteiger partial charge in [-0.15, -0.1) is 0 Å². The highest BCUT2D eigenvalue weighted by atomic mass is 35.5. The minimum Gasteiger partial charge on any atom is -0.453 e. The zero-order valence-electron chi connectivity index (χ0n) is 17.9. The molecule has 0 atom stereocenters. The fourth-order valence-corrected chi connectivity index (χ4v) is 3.61. The van der Waals surface area contributed by atoms with E-state index in [1.165, 1.54) is 12.1 Å². The number of alkyl halides is 3. The number of ether oxygens (including phenoxy) is 1. The summed E-state index contributed by atoms with van der Waals surface area (Å²) in [6.45, 7) is 2.25. The van der Waals surface area contributed by atoms with Gasteiger partial charge in [-0.3, -0.25) is 9.48 Å². The number of benzene rings is 3. The number of nitrogens with zero attached hydrogens (tertiary/aromatic N) is 2. The quantitative estimate of drug-likeness (QED) is 0.295. The SMILES string of the molecule is CCn1nc(N)c2c(Oc3cc(F)ccc3Cl)c(NC(=O)c3cc(F)cc(C(F)(F)F)c3)ccc21. The Bertz CT molecular complexity index is 1450. The van der Waals surface area contributed by atoms with Crippen LogP contribution in [0.15, 0.2) is 48.5 Å². The second-order valence-corrected chi connectivity index (χ2v) is 7.80. The minimum absolute atomic E-state index is 0.0191. The second-order valence-electron chi connectivity index (χ2n) is 7.39. The predicted molar refractivity (Wildman–Crippen MR) is 121 cm³/mol. The van der Waals surface area contributed by atoms with Gasteiger partial charge < -0.3 is 15.8 Å². The van der Waals surface area contributed by atoms with Crippen LogP contribution in [0.2, 0.25) is 5.02 Å². The molecule has 3 aromatic carbocycles. The summed E-state index contributed by atoms with van der Waals surface area (Å²) in [7, 11) is 0. The molecule has 12 heteroatoms. The van der Waals surface area contributed by atoms with Gasteiger partial charge in [-0.05, 0) is 49.4 Å². The van der Waals surface area contributed by atoms with E-state index in [0.29, 0.717) is 24.2 Å². The number of nitrogen functional groups attached to an aromatic ring is 1. The van der Waals surface area contributed by atoms with Crippen molar-refractivity contribution < 1.29 is 31.5 Å². The fourth-order valence-electron chi connectivity index (χ4n) is 3.46. The lowest BCUT2D eigenvalue weighted by Gasteiger charge is -2.16. The lowest BCUT2D eigenvalue weighted by Crippen LogP contribution is -2.15. The molecule has 35 heavy (non-hydrogen) atoms.